The monoisotopic (exact) mass is 774 g/mol. The second-order valence-electron chi connectivity index (χ2n) is 13.8. The van der Waals surface area contributed by atoms with Gasteiger partial charge in [0.15, 0.2) is 5.82 Å². The summed E-state index contributed by atoms with van der Waals surface area (Å²) in [6.45, 7) is 14.9. The molecule has 4 aliphatic heterocycles. The fourth-order valence-electron chi connectivity index (χ4n) is 7.59. The summed E-state index contributed by atoms with van der Waals surface area (Å²) in [5.41, 5.74) is 1.24. The molecule has 6 heterocycles. The van der Waals surface area contributed by atoms with Crippen LogP contribution in [0.5, 0.6) is 6.01 Å². The molecule has 4 fully saturated rings. The third-order valence-corrected chi connectivity index (χ3v) is 10.4. The molecule has 4 aliphatic rings. The Hall–Kier alpha value is -4.84. The maximum Gasteiger partial charge on any atom is 0.318 e. The van der Waals surface area contributed by atoms with Crippen molar-refractivity contribution in [2.75, 3.05) is 84.1 Å². The Morgan fingerprint density at radius 1 is 1.02 bits per heavy atom. The average Bonchev–Trinajstić information content (AvgIpc) is 3.82. The number of amides is 1. The summed E-state index contributed by atoms with van der Waals surface area (Å²) in [4.78, 5) is 34.5. The van der Waals surface area contributed by atoms with Gasteiger partial charge in [0.25, 0.3) is 0 Å². The van der Waals surface area contributed by atoms with E-state index in [4.69, 9.17) is 14.7 Å². The number of nitrogens with zero attached hydrogens (tertiary/aromatic N) is 8. The maximum atomic E-state index is 16.2. The topological polar surface area (TPSA) is 111 Å². The van der Waals surface area contributed by atoms with E-state index in [1.165, 1.54) is 32.9 Å². The summed E-state index contributed by atoms with van der Waals surface area (Å²) in [5, 5.41) is 9.16. The molecule has 56 heavy (non-hydrogen) atoms. The summed E-state index contributed by atoms with van der Waals surface area (Å²) in [7, 11) is 1.44. The summed E-state index contributed by atoms with van der Waals surface area (Å²) >= 11 is 0. The number of morpholine rings is 1. The van der Waals surface area contributed by atoms with Crippen molar-refractivity contribution in [1.82, 2.24) is 29.7 Å². The number of halogens is 3. The summed E-state index contributed by atoms with van der Waals surface area (Å²) in [6.07, 6.45) is 7.93. The number of piperazine rings is 1. The summed E-state index contributed by atoms with van der Waals surface area (Å²) in [6, 6.07) is 10.8. The summed E-state index contributed by atoms with van der Waals surface area (Å²) < 4.78 is 53.7. The van der Waals surface area contributed by atoms with Crippen molar-refractivity contribution < 1.29 is 27.4 Å². The Morgan fingerprint density at radius 3 is 2.45 bits per heavy atom. The number of fused-ring (bicyclic) bond motifs is 3. The molecule has 2 aromatic carbocycles. The van der Waals surface area contributed by atoms with Crippen molar-refractivity contribution in [1.29, 1.82) is 5.26 Å². The SMILES string of the molecule is CC.CC#N.COc1nc(N2CCN(C(=O)/C=C/CN3CCOCC3)CC2)c2cnc(-c3cccc4c(C)c(F)ccc34)c(F)c2n1.FC1CC2CCCN2C1. The van der Waals surface area contributed by atoms with Gasteiger partial charge < -0.3 is 19.3 Å². The van der Waals surface area contributed by atoms with E-state index >= 15 is 4.39 Å². The molecular weight excluding hydrogens is 722 g/mol. The number of nitriles is 1. The van der Waals surface area contributed by atoms with E-state index in [2.05, 4.69) is 24.8 Å². The van der Waals surface area contributed by atoms with Crippen LogP contribution in [0.3, 0.4) is 0 Å². The van der Waals surface area contributed by atoms with Gasteiger partial charge in [-0.05, 0) is 55.1 Å². The first-order chi connectivity index (χ1) is 27.2. The summed E-state index contributed by atoms with van der Waals surface area (Å²) in [5.74, 6) is -0.459. The van der Waals surface area contributed by atoms with Crippen molar-refractivity contribution in [2.24, 2.45) is 0 Å². The number of rotatable bonds is 6. The number of pyridine rings is 1. The van der Waals surface area contributed by atoms with E-state index in [0.717, 1.165) is 45.8 Å². The number of benzene rings is 2. The van der Waals surface area contributed by atoms with Gasteiger partial charge >= 0.3 is 6.01 Å². The first kappa shape index (κ1) is 42.3. The quantitative estimate of drug-likeness (QED) is 0.196. The average molecular weight is 775 g/mol. The zero-order chi connectivity index (χ0) is 40.2. The molecule has 11 nitrogen and oxygen atoms in total. The van der Waals surface area contributed by atoms with Crippen LogP contribution in [0.15, 0.2) is 48.7 Å². The molecule has 4 aromatic rings. The molecule has 0 radical (unpaired) electrons. The highest BCUT2D eigenvalue weighted by molar-refractivity contribution is 6.00. The van der Waals surface area contributed by atoms with E-state index in [1.54, 1.807) is 48.4 Å². The number of methoxy groups -OCH3 is 1. The lowest BCUT2D eigenvalue weighted by Crippen LogP contribution is -2.48. The van der Waals surface area contributed by atoms with Crippen LogP contribution < -0.4 is 9.64 Å². The highest BCUT2D eigenvalue weighted by Crippen LogP contribution is 2.36. The zero-order valence-electron chi connectivity index (χ0n) is 33.1. The molecule has 0 N–H and O–H groups in total. The number of anilines is 1. The van der Waals surface area contributed by atoms with Gasteiger partial charge in [-0.15, -0.1) is 0 Å². The van der Waals surface area contributed by atoms with Crippen molar-refractivity contribution in [3.63, 3.8) is 0 Å². The van der Waals surface area contributed by atoms with E-state index in [1.807, 2.05) is 30.9 Å². The zero-order valence-corrected chi connectivity index (χ0v) is 33.1. The Kier molecular flexibility index (Phi) is 15.4. The van der Waals surface area contributed by atoms with E-state index in [-0.39, 0.29) is 28.9 Å². The number of hydrogen-bond donors (Lipinski definition) is 0. The molecule has 0 bridgehead atoms. The van der Waals surface area contributed by atoms with Gasteiger partial charge in [-0.2, -0.15) is 15.2 Å². The van der Waals surface area contributed by atoms with E-state index < -0.39 is 12.0 Å². The number of aryl methyl sites for hydroxylation is 1. The molecule has 8 rings (SSSR count). The van der Waals surface area contributed by atoms with Crippen LogP contribution >= 0.6 is 0 Å². The third kappa shape index (κ3) is 9.93. The third-order valence-electron chi connectivity index (χ3n) is 10.4. The van der Waals surface area contributed by atoms with Crippen LogP contribution in [-0.4, -0.2) is 127 Å². The largest absolute Gasteiger partial charge is 0.467 e. The van der Waals surface area contributed by atoms with Crippen molar-refractivity contribution >= 4 is 33.4 Å². The number of carbonyl (C=O) groups excluding carboxylic acids is 1. The van der Waals surface area contributed by atoms with E-state index in [0.29, 0.717) is 71.9 Å². The number of ether oxygens (including phenoxy) is 2. The fraction of sp³-hybridized carbons (Fsp3) is 0.500. The van der Waals surface area contributed by atoms with E-state index in [9.17, 15) is 13.6 Å². The minimum absolute atomic E-state index is 0.0319. The number of aromatic nitrogens is 3. The number of hydrogen-bond acceptors (Lipinski definition) is 10. The van der Waals surface area contributed by atoms with Gasteiger partial charge in [0, 0.05) is 83.2 Å². The van der Waals surface area contributed by atoms with Gasteiger partial charge in [0.1, 0.15) is 29.0 Å². The van der Waals surface area contributed by atoms with Crippen LogP contribution in [0.25, 0.3) is 32.9 Å². The lowest BCUT2D eigenvalue weighted by molar-refractivity contribution is -0.126. The molecular formula is C42H53F3N8O3. The minimum Gasteiger partial charge on any atom is -0.467 e. The Labute approximate surface area is 327 Å². The normalized spacial score (nSPS) is 19.7. The molecule has 14 heteroatoms. The van der Waals surface area contributed by atoms with Crippen LogP contribution in [0.4, 0.5) is 19.0 Å². The first-order valence-electron chi connectivity index (χ1n) is 19.5. The highest BCUT2D eigenvalue weighted by Gasteiger charge is 2.34. The second kappa shape index (κ2) is 20.4. The fourth-order valence-corrected chi connectivity index (χ4v) is 7.59. The lowest BCUT2D eigenvalue weighted by Gasteiger charge is -2.35. The smallest absolute Gasteiger partial charge is 0.318 e. The highest BCUT2D eigenvalue weighted by atomic mass is 19.1. The standard InChI is InChI=1S/C31H32F2N6O3.C7H12FN.C2H3N.C2H6/c1-20-21-5-3-6-23(22(21)8-9-25(20)32)28-27(33)29-24(19-34-28)30(36-31(35-29)41-2)39-13-11-38(12-14-39)26(40)7-4-10-37-15-17-42-18-16-37;8-6-4-7-2-1-3-9(7)5-6;1-2-3;1-2/h3-9,19H,10-18H2,1-2H3;6-7H,1-5H2;1H3;1-2H3/b7-4+;;;. The maximum absolute atomic E-state index is 16.2. The van der Waals surface area contributed by atoms with Gasteiger partial charge in [-0.1, -0.05) is 44.2 Å². The molecule has 300 valence electrons. The second-order valence-corrected chi connectivity index (χ2v) is 13.8. The first-order valence-corrected chi connectivity index (χ1v) is 19.5. The Balaban J connectivity index is 0.000000363. The van der Waals surface area contributed by atoms with Crippen molar-refractivity contribution in [3.05, 3.63) is 65.9 Å². The molecule has 0 aliphatic carbocycles. The van der Waals surface area contributed by atoms with Gasteiger partial charge in [-0.3, -0.25) is 19.6 Å². The van der Waals surface area contributed by atoms with Crippen LogP contribution in [0, 0.1) is 29.9 Å². The van der Waals surface area contributed by atoms with Crippen LogP contribution in [0.2, 0.25) is 0 Å². The van der Waals surface area contributed by atoms with Gasteiger partial charge in [-0.25, -0.2) is 13.2 Å². The molecule has 2 atom stereocenters. The molecule has 0 saturated carbocycles. The number of carbonyl (C=O) groups is 1. The van der Waals surface area contributed by atoms with Gasteiger partial charge in [0.05, 0.1) is 31.8 Å². The molecule has 2 aromatic heterocycles. The number of alkyl halides is 1. The lowest BCUT2D eigenvalue weighted by atomic mass is 9.97. The molecule has 0 spiro atoms. The predicted molar refractivity (Wildman–Crippen MR) is 213 cm³/mol. The predicted octanol–water partition coefficient (Wildman–Crippen LogP) is 6.73. The molecule has 2 unspecified atom stereocenters. The van der Waals surface area contributed by atoms with Crippen molar-refractivity contribution in [2.45, 2.75) is 59.2 Å². The van der Waals surface area contributed by atoms with Crippen LogP contribution in [-0.2, 0) is 9.53 Å². The molecule has 4 saturated heterocycles. The molecule has 1 amide bonds. The van der Waals surface area contributed by atoms with Crippen molar-refractivity contribution in [3.8, 4) is 23.3 Å². The Morgan fingerprint density at radius 2 is 1.75 bits per heavy atom. The Bertz CT molecular complexity index is 2000. The van der Waals surface area contributed by atoms with Crippen LogP contribution in [0.1, 0.15) is 45.6 Å². The van der Waals surface area contributed by atoms with Gasteiger partial charge in [0.2, 0.25) is 5.91 Å². The minimum atomic E-state index is -0.608.